The molecular weight excluding hydrogens is 319 g/mol. The van der Waals surface area contributed by atoms with Gasteiger partial charge < -0.3 is 4.74 Å². The van der Waals surface area contributed by atoms with Crippen molar-refractivity contribution in [2.75, 3.05) is 6.61 Å². The summed E-state index contributed by atoms with van der Waals surface area (Å²) in [6, 6.07) is 1.36. The van der Waals surface area contributed by atoms with Gasteiger partial charge in [0.2, 0.25) is 0 Å². The van der Waals surface area contributed by atoms with E-state index in [9.17, 15) is 17.6 Å². The number of rotatable bonds is 4. The summed E-state index contributed by atoms with van der Waals surface area (Å²) < 4.78 is 38.3. The molecule has 1 heterocycles. The van der Waals surface area contributed by atoms with Gasteiger partial charge >= 0.3 is 9.88 Å². The number of esters is 1. The quantitative estimate of drug-likeness (QED) is 0.463. The van der Waals surface area contributed by atoms with Gasteiger partial charge in [0.15, 0.2) is 0 Å². The molecule has 0 aliphatic heterocycles. The van der Waals surface area contributed by atoms with Crippen LogP contribution in [0.2, 0.25) is 0 Å². The minimum absolute atomic E-state index is 0.152. The first kappa shape index (κ1) is 14.0. The number of carbonyl (C=O) groups is 1. The Bertz CT molecular complexity index is 506. The number of nitrogens with zero attached hydrogens (tertiary/aromatic N) is 2. The standard InChI is InChI=1S/C8H8BrFN2O4S/c1-2-16-6(13)8(9,10)17(14,15)7-11-4-3-5-12-7/h3-5H,2H2,1H3. The van der Waals surface area contributed by atoms with E-state index in [-0.39, 0.29) is 6.61 Å². The van der Waals surface area contributed by atoms with Crippen LogP contribution in [0.15, 0.2) is 23.6 Å². The van der Waals surface area contributed by atoms with Crippen molar-refractivity contribution in [1.82, 2.24) is 9.97 Å². The molecule has 0 amide bonds. The van der Waals surface area contributed by atoms with Gasteiger partial charge in [-0.3, -0.25) is 0 Å². The van der Waals surface area contributed by atoms with Crippen LogP contribution in [0.25, 0.3) is 0 Å². The van der Waals surface area contributed by atoms with Crippen LogP contribution in [0.4, 0.5) is 4.39 Å². The molecule has 1 rings (SSSR count). The van der Waals surface area contributed by atoms with Crippen molar-refractivity contribution in [3.63, 3.8) is 0 Å². The predicted molar refractivity (Wildman–Crippen MR) is 58.6 cm³/mol. The second kappa shape index (κ2) is 5.05. The van der Waals surface area contributed by atoms with E-state index in [1.165, 1.54) is 13.0 Å². The van der Waals surface area contributed by atoms with Crippen molar-refractivity contribution in [2.24, 2.45) is 0 Å². The molecule has 9 heteroatoms. The summed E-state index contributed by atoms with van der Waals surface area (Å²) >= 11 is 2.20. The Balaban J connectivity index is 3.19. The molecule has 0 N–H and O–H groups in total. The van der Waals surface area contributed by atoms with Gasteiger partial charge in [0, 0.05) is 12.4 Å². The molecule has 0 spiro atoms. The highest BCUT2D eigenvalue weighted by Crippen LogP contribution is 2.32. The zero-order valence-electron chi connectivity index (χ0n) is 8.63. The van der Waals surface area contributed by atoms with Gasteiger partial charge in [0.1, 0.15) is 0 Å². The van der Waals surface area contributed by atoms with Crippen molar-refractivity contribution in [2.45, 2.75) is 16.0 Å². The molecule has 0 radical (unpaired) electrons. The highest BCUT2D eigenvalue weighted by molar-refractivity contribution is 9.12. The van der Waals surface area contributed by atoms with E-state index in [0.29, 0.717) is 0 Å². The summed E-state index contributed by atoms with van der Waals surface area (Å²) in [6.45, 7) is 1.27. The summed E-state index contributed by atoms with van der Waals surface area (Å²) in [5, 5.41) is -0.799. The number of aromatic nitrogens is 2. The summed E-state index contributed by atoms with van der Waals surface area (Å²) in [5.41, 5.74) is 0. The fourth-order valence-corrected chi connectivity index (χ4v) is 2.32. The number of sulfone groups is 1. The average Bonchev–Trinajstić information content (AvgIpc) is 2.30. The third-order valence-corrected chi connectivity index (χ3v) is 4.77. The normalized spacial score (nSPS) is 15.0. The second-order valence-electron chi connectivity index (χ2n) is 2.77. The minimum Gasteiger partial charge on any atom is -0.462 e. The molecule has 0 aliphatic rings. The summed E-state index contributed by atoms with van der Waals surface area (Å²) in [4.78, 5) is 18.0. The van der Waals surface area contributed by atoms with Crippen molar-refractivity contribution in [3.05, 3.63) is 18.5 Å². The van der Waals surface area contributed by atoms with E-state index in [4.69, 9.17) is 0 Å². The number of hydrogen-bond donors (Lipinski definition) is 0. The van der Waals surface area contributed by atoms with E-state index < -0.39 is 24.9 Å². The molecule has 6 nitrogen and oxygen atoms in total. The van der Waals surface area contributed by atoms with E-state index in [1.807, 2.05) is 0 Å². The Hall–Kier alpha value is -1.09. The molecule has 0 bridgehead atoms. The molecular formula is C8H8BrFN2O4S. The van der Waals surface area contributed by atoms with Crippen molar-refractivity contribution >= 4 is 31.7 Å². The van der Waals surface area contributed by atoms with Gasteiger partial charge in [-0.1, -0.05) is 0 Å². The van der Waals surface area contributed by atoms with Gasteiger partial charge in [-0.15, -0.1) is 0 Å². The van der Waals surface area contributed by atoms with E-state index in [0.717, 1.165) is 12.4 Å². The molecule has 94 valence electrons. The maximum Gasteiger partial charge on any atom is 0.372 e. The van der Waals surface area contributed by atoms with Crippen LogP contribution < -0.4 is 0 Å². The molecule has 0 aromatic carbocycles. The summed E-state index contributed by atoms with van der Waals surface area (Å²) in [5.74, 6) is -1.56. The molecule has 1 aromatic heterocycles. The first-order valence-corrected chi connectivity index (χ1v) is 6.68. The molecule has 1 unspecified atom stereocenters. The molecule has 0 saturated carbocycles. The number of alkyl halides is 2. The van der Waals surface area contributed by atoms with Gasteiger partial charge in [-0.25, -0.2) is 23.2 Å². The number of halogens is 2. The van der Waals surface area contributed by atoms with Crippen LogP contribution in [0.3, 0.4) is 0 Å². The smallest absolute Gasteiger partial charge is 0.372 e. The summed E-state index contributed by atoms with van der Waals surface area (Å²) in [7, 11) is -4.71. The Morgan fingerprint density at radius 2 is 2.06 bits per heavy atom. The fourth-order valence-electron chi connectivity index (χ4n) is 0.864. The molecule has 1 aromatic rings. The lowest BCUT2D eigenvalue weighted by Gasteiger charge is -2.15. The zero-order valence-corrected chi connectivity index (χ0v) is 11.0. The van der Waals surface area contributed by atoms with Crippen LogP contribution >= 0.6 is 15.9 Å². The largest absolute Gasteiger partial charge is 0.462 e. The fraction of sp³-hybridized carbons (Fsp3) is 0.375. The molecule has 1 atom stereocenters. The highest BCUT2D eigenvalue weighted by Gasteiger charge is 2.53. The lowest BCUT2D eigenvalue weighted by molar-refractivity contribution is -0.146. The Labute approximate surface area is 105 Å². The van der Waals surface area contributed by atoms with Crippen LogP contribution in [-0.4, -0.2) is 34.9 Å². The second-order valence-corrected chi connectivity index (χ2v) is 6.32. The number of carbonyl (C=O) groups excluding carboxylic acids is 1. The Morgan fingerprint density at radius 1 is 1.53 bits per heavy atom. The molecule has 0 saturated heterocycles. The SMILES string of the molecule is CCOC(=O)C(F)(Br)S(=O)(=O)c1ncccn1. The minimum atomic E-state index is -4.71. The van der Waals surface area contributed by atoms with Gasteiger partial charge in [-0.2, -0.15) is 4.39 Å². The van der Waals surface area contributed by atoms with Crippen molar-refractivity contribution < 1.29 is 22.3 Å². The first-order valence-electron chi connectivity index (χ1n) is 4.40. The lowest BCUT2D eigenvalue weighted by Crippen LogP contribution is -2.38. The van der Waals surface area contributed by atoms with Gasteiger partial charge in [0.05, 0.1) is 6.61 Å². The monoisotopic (exact) mass is 326 g/mol. The molecule has 17 heavy (non-hydrogen) atoms. The lowest BCUT2D eigenvalue weighted by atomic mass is 10.7. The third kappa shape index (κ3) is 2.60. The molecule has 0 aliphatic carbocycles. The number of ether oxygens (including phenoxy) is 1. The van der Waals surface area contributed by atoms with Gasteiger partial charge in [0.25, 0.3) is 15.0 Å². The maximum atomic E-state index is 13.9. The maximum absolute atomic E-state index is 13.9. The topological polar surface area (TPSA) is 86.2 Å². The molecule has 0 fully saturated rings. The summed E-state index contributed by atoms with van der Waals surface area (Å²) in [6.07, 6.45) is 2.24. The van der Waals surface area contributed by atoms with Crippen molar-refractivity contribution in [3.8, 4) is 0 Å². The van der Waals surface area contributed by atoms with Crippen LogP contribution in [0, 0.1) is 0 Å². The number of hydrogen-bond acceptors (Lipinski definition) is 6. The zero-order chi connectivity index (χ0) is 13.1. The van der Waals surface area contributed by atoms with Crippen LogP contribution in [-0.2, 0) is 19.4 Å². The Kier molecular flexibility index (Phi) is 4.15. The van der Waals surface area contributed by atoms with Crippen LogP contribution in [0.1, 0.15) is 6.92 Å². The van der Waals surface area contributed by atoms with E-state index >= 15 is 0 Å². The highest BCUT2D eigenvalue weighted by atomic mass is 79.9. The van der Waals surface area contributed by atoms with E-state index in [2.05, 4.69) is 30.6 Å². The Morgan fingerprint density at radius 3 is 2.53 bits per heavy atom. The first-order chi connectivity index (χ1) is 7.84. The van der Waals surface area contributed by atoms with E-state index in [1.54, 1.807) is 0 Å². The van der Waals surface area contributed by atoms with Crippen molar-refractivity contribution in [1.29, 1.82) is 0 Å². The average molecular weight is 327 g/mol. The predicted octanol–water partition coefficient (Wildman–Crippen LogP) is 0.832. The van der Waals surface area contributed by atoms with Crippen LogP contribution in [0.5, 0.6) is 0 Å². The third-order valence-electron chi connectivity index (χ3n) is 1.63. The van der Waals surface area contributed by atoms with Gasteiger partial charge in [-0.05, 0) is 28.9 Å².